The van der Waals surface area contributed by atoms with Crippen molar-refractivity contribution >= 4 is 23.9 Å². The van der Waals surface area contributed by atoms with Crippen molar-refractivity contribution in [2.75, 3.05) is 49.7 Å². The Kier molecular flexibility index (Phi) is 7.42. The van der Waals surface area contributed by atoms with Crippen LogP contribution in [-0.2, 0) is 4.74 Å². The van der Waals surface area contributed by atoms with Crippen LogP contribution in [0.25, 0.3) is 0 Å². The number of hydrazone groups is 1. The topological polar surface area (TPSA) is 92.2 Å². The molecule has 0 atom stereocenters. The molecule has 2 heterocycles. The lowest BCUT2D eigenvalue weighted by molar-refractivity contribution is 0.152. The lowest BCUT2D eigenvalue weighted by Crippen LogP contribution is -2.29. The first-order valence-corrected chi connectivity index (χ1v) is 10.1. The van der Waals surface area contributed by atoms with E-state index in [9.17, 15) is 4.79 Å². The number of aromatic nitrogens is 2. The van der Waals surface area contributed by atoms with Gasteiger partial charge in [-0.2, -0.15) is 15.1 Å². The van der Waals surface area contributed by atoms with Crippen LogP contribution in [0.2, 0.25) is 0 Å². The standard InChI is InChI=1S/C21H28N6O3/c1-4-26(5-2)19-14-18(25-22-15-17-8-6-7-16(3)13-17)23-20(24-19)29-11-9-27-10-12-30-21(27)28/h6-8,13-15H,4-5,9-12H2,1-3H3,(H,23,24,25). The number of rotatable bonds is 10. The minimum Gasteiger partial charge on any atom is -0.461 e. The number of amides is 1. The maximum atomic E-state index is 11.5. The Bertz CT molecular complexity index is 885. The molecule has 0 aliphatic carbocycles. The summed E-state index contributed by atoms with van der Waals surface area (Å²) in [6, 6.07) is 10.1. The molecule has 1 aliphatic heterocycles. The van der Waals surface area contributed by atoms with Crippen molar-refractivity contribution in [3.8, 4) is 6.01 Å². The second kappa shape index (κ2) is 10.4. The van der Waals surface area contributed by atoms with Crippen LogP contribution in [0.15, 0.2) is 35.4 Å². The zero-order chi connectivity index (χ0) is 21.3. The van der Waals surface area contributed by atoms with E-state index in [-0.39, 0.29) is 18.7 Å². The van der Waals surface area contributed by atoms with Crippen LogP contribution in [0, 0.1) is 6.92 Å². The molecule has 0 saturated carbocycles. The molecule has 2 aromatic rings. The van der Waals surface area contributed by atoms with Gasteiger partial charge in [-0.05, 0) is 26.3 Å². The molecular weight excluding hydrogens is 384 g/mol. The van der Waals surface area contributed by atoms with Crippen molar-refractivity contribution in [1.82, 2.24) is 14.9 Å². The first-order valence-electron chi connectivity index (χ1n) is 10.1. The van der Waals surface area contributed by atoms with E-state index in [1.165, 1.54) is 5.56 Å². The highest BCUT2D eigenvalue weighted by molar-refractivity contribution is 5.80. The number of carbonyl (C=O) groups excluding carboxylic acids is 1. The predicted octanol–water partition coefficient (Wildman–Crippen LogP) is 2.91. The Morgan fingerprint density at radius 1 is 1.30 bits per heavy atom. The Hall–Kier alpha value is -3.36. The first kappa shape index (κ1) is 21.4. The van der Waals surface area contributed by atoms with Crippen molar-refractivity contribution < 1.29 is 14.3 Å². The molecular formula is C21H28N6O3. The molecule has 0 spiro atoms. The monoisotopic (exact) mass is 412 g/mol. The first-order chi connectivity index (χ1) is 14.6. The summed E-state index contributed by atoms with van der Waals surface area (Å²) in [5, 5.41) is 4.29. The third-order valence-electron chi connectivity index (χ3n) is 4.65. The lowest BCUT2D eigenvalue weighted by Gasteiger charge is -2.21. The quantitative estimate of drug-likeness (QED) is 0.474. The van der Waals surface area contributed by atoms with Crippen molar-refractivity contribution in [3.63, 3.8) is 0 Å². The molecule has 9 nitrogen and oxygen atoms in total. The van der Waals surface area contributed by atoms with Crippen LogP contribution in [0.4, 0.5) is 16.4 Å². The van der Waals surface area contributed by atoms with Crippen LogP contribution < -0.4 is 15.1 Å². The van der Waals surface area contributed by atoms with Crippen molar-refractivity contribution in [1.29, 1.82) is 0 Å². The van der Waals surface area contributed by atoms with Crippen molar-refractivity contribution in [2.45, 2.75) is 20.8 Å². The third kappa shape index (κ3) is 5.82. The predicted molar refractivity (Wildman–Crippen MR) is 116 cm³/mol. The molecule has 0 bridgehead atoms. The summed E-state index contributed by atoms with van der Waals surface area (Å²) in [6.07, 6.45) is 1.43. The van der Waals surface area contributed by atoms with Gasteiger partial charge in [0.05, 0.1) is 19.3 Å². The number of carbonyl (C=O) groups is 1. The number of hydrogen-bond donors (Lipinski definition) is 1. The third-order valence-corrected chi connectivity index (χ3v) is 4.65. The van der Waals surface area contributed by atoms with Crippen LogP contribution in [0.3, 0.4) is 0 Å². The van der Waals surface area contributed by atoms with Gasteiger partial charge in [0.1, 0.15) is 19.0 Å². The van der Waals surface area contributed by atoms with E-state index in [1.54, 1.807) is 11.1 Å². The number of cyclic esters (lactones) is 1. The fraction of sp³-hybridized carbons (Fsp3) is 0.429. The van der Waals surface area contributed by atoms with Gasteiger partial charge in [0.25, 0.3) is 0 Å². The number of aryl methyl sites for hydroxylation is 1. The van der Waals surface area contributed by atoms with Crippen LogP contribution in [0.1, 0.15) is 25.0 Å². The summed E-state index contributed by atoms with van der Waals surface area (Å²) in [7, 11) is 0. The summed E-state index contributed by atoms with van der Waals surface area (Å²) in [6.45, 7) is 9.47. The summed E-state index contributed by atoms with van der Waals surface area (Å²) in [4.78, 5) is 24.1. The molecule has 30 heavy (non-hydrogen) atoms. The number of nitrogens with one attached hydrogen (secondary N) is 1. The van der Waals surface area contributed by atoms with E-state index in [4.69, 9.17) is 9.47 Å². The number of anilines is 2. The number of nitrogens with zero attached hydrogens (tertiary/aromatic N) is 5. The molecule has 1 fully saturated rings. The van der Waals surface area contributed by atoms with E-state index in [0.29, 0.717) is 25.5 Å². The maximum Gasteiger partial charge on any atom is 0.410 e. The fourth-order valence-electron chi connectivity index (χ4n) is 3.04. The van der Waals surface area contributed by atoms with Crippen molar-refractivity contribution in [3.05, 3.63) is 41.5 Å². The van der Waals surface area contributed by atoms with Crippen LogP contribution >= 0.6 is 0 Å². The Morgan fingerprint density at radius 3 is 2.83 bits per heavy atom. The Morgan fingerprint density at radius 2 is 2.13 bits per heavy atom. The highest BCUT2D eigenvalue weighted by Crippen LogP contribution is 2.19. The minimum absolute atomic E-state index is 0.236. The van der Waals surface area contributed by atoms with E-state index in [0.717, 1.165) is 24.5 Å². The summed E-state index contributed by atoms with van der Waals surface area (Å²) in [5.74, 6) is 1.28. The van der Waals surface area contributed by atoms with E-state index >= 15 is 0 Å². The molecule has 0 unspecified atom stereocenters. The molecule has 9 heteroatoms. The average Bonchev–Trinajstić information content (AvgIpc) is 3.14. The van der Waals surface area contributed by atoms with E-state index in [2.05, 4.69) is 39.2 Å². The Labute approximate surface area is 176 Å². The molecule has 1 amide bonds. The molecule has 1 aromatic carbocycles. The maximum absolute atomic E-state index is 11.5. The molecule has 3 rings (SSSR count). The normalized spacial score (nSPS) is 13.6. The zero-order valence-corrected chi connectivity index (χ0v) is 17.7. The molecule has 1 aliphatic rings. The van der Waals surface area contributed by atoms with Gasteiger partial charge in [-0.15, -0.1) is 0 Å². The van der Waals surface area contributed by atoms with Gasteiger partial charge < -0.3 is 19.3 Å². The van der Waals surface area contributed by atoms with Crippen LogP contribution in [0.5, 0.6) is 6.01 Å². The zero-order valence-electron chi connectivity index (χ0n) is 17.7. The summed E-state index contributed by atoms with van der Waals surface area (Å²) < 4.78 is 10.6. The average molecular weight is 412 g/mol. The van der Waals surface area contributed by atoms with Crippen LogP contribution in [-0.4, -0.2) is 66.6 Å². The van der Waals surface area contributed by atoms with Gasteiger partial charge in [-0.25, -0.2) is 4.79 Å². The number of hydrogen-bond acceptors (Lipinski definition) is 8. The highest BCUT2D eigenvalue weighted by Gasteiger charge is 2.21. The van der Waals surface area contributed by atoms with Gasteiger partial charge >= 0.3 is 12.1 Å². The fourth-order valence-corrected chi connectivity index (χ4v) is 3.04. The lowest BCUT2D eigenvalue weighted by atomic mass is 10.2. The van der Waals surface area contributed by atoms with Crippen molar-refractivity contribution in [2.24, 2.45) is 5.10 Å². The number of ether oxygens (including phenoxy) is 2. The van der Waals surface area contributed by atoms with Gasteiger partial charge in [-0.3, -0.25) is 5.43 Å². The second-order valence-electron chi connectivity index (χ2n) is 6.80. The number of benzene rings is 1. The molecule has 0 radical (unpaired) electrons. The largest absolute Gasteiger partial charge is 0.461 e. The Balaban J connectivity index is 1.69. The van der Waals surface area contributed by atoms with Gasteiger partial charge in [0, 0.05) is 19.2 Å². The smallest absolute Gasteiger partial charge is 0.410 e. The molecule has 1 aromatic heterocycles. The molecule has 160 valence electrons. The summed E-state index contributed by atoms with van der Waals surface area (Å²) >= 11 is 0. The van der Waals surface area contributed by atoms with E-state index < -0.39 is 0 Å². The molecule has 1 N–H and O–H groups in total. The van der Waals surface area contributed by atoms with Gasteiger partial charge in [0.2, 0.25) is 0 Å². The van der Waals surface area contributed by atoms with Gasteiger partial charge in [-0.1, -0.05) is 29.8 Å². The van der Waals surface area contributed by atoms with E-state index in [1.807, 2.05) is 37.3 Å². The SMILES string of the molecule is CCN(CC)c1cc(NN=Cc2cccc(C)c2)nc(OCCN2CCOC2=O)n1. The highest BCUT2D eigenvalue weighted by atomic mass is 16.6. The summed E-state index contributed by atoms with van der Waals surface area (Å²) in [5.41, 5.74) is 5.13. The molecule has 1 saturated heterocycles. The second-order valence-corrected chi connectivity index (χ2v) is 6.80. The minimum atomic E-state index is -0.316. The van der Waals surface area contributed by atoms with Gasteiger partial charge in [0.15, 0.2) is 5.82 Å².